The average Bonchev–Trinajstić information content (AvgIpc) is 2.31. The Morgan fingerprint density at radius 3 is 2.32 bits per heavy atom. The Labute approximate surface area is 121 Å². The molecule has 1 atom stereocenters. The minimum Gasteiger partial charge on any atom is -0.384 e. The molecule has 2 aromatic rings. The van der Waals surface area contributed by atoms with Crippen LogP contribution in [0.25, 0.3) is 0 Å². The Morgan fingerprint density at radius 2 is 1.74 bits per heavy atom. The van der Waals surface area contributed by atoms with E-state index in [1.54, 1.807) is 0 Å². The summed E-state index contributed by atoms with van der Waals surface area (Å²) in [5.74, 6) is -0.360. The molecule has 0 fully saturated rings. The van der Waals surface area contributed by atoms with Crippen LogP contribution in [0.1, 0.15) is 33.9 Å². The first-order valence-corrected chi connectivity index (χ1v) is 6.90. The fourth-order valence-electron chi connectivity index (χ4n) is 2.22. The third-order valence-corrected chi connectivity index (χ3v) is 4.12. The van der Waals surface area contributed by atoms with Crippen molar-refractivity contribution in [1.29, 1.82) is 0 Å². The Balaban J connectivity index is 2.49. The number of hydrogen-bond donors (Lipinski definition) is 1. The van der Waals surface area contributed by atoms with Gasteiger partial charge in [0.2, 0.25) is 0 Å². The van der Waals surface area contributed by atoms with Gasteiger partial charge in [0.1, 0.15) is 11.9 Å². The van der Waals surface area contributed by atoms with E-state index < -0.39 is 6.10 Å². The van der Waals surface area contributed by atoms with Crippen molar-refractivity contribution in [2.24, 2.45) is 0 Å². The van der Waals surface area contributed by atoms with Gasteiger partial charge in [0, 0.05) is 10.0 Å². The summed E-state index contributed by atoms with van der Waals surface area (Å²) >= 11 is 3.43. The van der Waals surface area contributed by atoms with Gasteiger partial charge >= 0.3 is 0 Å². The predicted molar refractivity (Wildman–Crippen MR) is 78.8 cm³/mol. The fraction of sp³-hybridized carbons (Fsp3) is 0.250. The van der Waals surface area contributed by atoms with Crippen molar-refractivity contribution in [1.82, 2.24) is 0 Å². The third-order valence-electron chi connectivity index (χ3n) is 3.27. The minimum absolute atomic E-state index is 0.348. The highest BCUT2D eigenvalue weighted by atomic mass is 79.9. The minimum atomic E-state index is -0.947. The molecule has 2 rings (SSSR count). The molecule has 3 heteroatoms. The third kappa shape index (κ3) is 2.88. The summed E-state index contributed by atoms with van der Waals surface area (Å²) < 4.78 is 15.0. The Kier molecular flexibility index (Phi) is 4.07. The van der Waals surface area contributed by atoms with E-state index in [2.05, 4.69) is 15.9 Å². The van der Waals surface area contributed by atoms with Gasteiger partial charge in [-0.25, -0.2) is 4.39 Å². The number of benzene rings is 2. The summed E-state index contributed by atoms with van der Waals surface area (Å²) in [6.07, 6.45) is -0.947. The maximum absolute atomic E-state index is 14.1. The summed E-state index contributed by atoms with van der Waals surface area (Å²) in [4.78, 5) is 0. The lowest BCUT2D eigenvalue weighted by molar-refractivity contribution is 0.214. The molecule has 1 unspecified atom stereocenters. The standard InChI is InChI=1S/C16H16BrFO/c1-9-6-11(3)15(14(18)7-9)16(19)12-5-4-10(2)13(17)8-12/h4-8,16,19H,1-3H3. The van der Waals surface area contributed by atoms with Gasteiger partial charge in [-0.15, -0.1) is 0 Å². The molecule has 0 aromatic heterocycles. The Hall–Kier alpha value is -1.19. The number of rotatable bonds is 2. The molecule has 19 heavy (non-hydrogen) atoms. The van der Waals surface area contributed by atoms with Crippen LogP contribution >= 0.6 is 15.9 Å². The van der Waals surface area contributed by atoms with Crippen LogP contribution in [-0.4, -0.2) is 5.11 Å². The molecule has 0 amide bonds. The first kappa shape index (κ1) is 14.2. The van der Waals surface area contributed by atoms with Crippen molar-refractivity contribution < 1.29 is 9.50 Å². The molecule has 2 aromatic carbocycles. The lowest BCUT2D eigenvalue weighted by Gasteiger charge is -2.16. The normalized spacial score (nSPS) is 12.5. The number of hydrogen-bond acceptors (Lipinski definition) is 1. The van der Waals surface area contributed by atoms with Gasteiger partial charge < -0.3 is 5.11 Å². The number of aryl methyl sites for hydroxylation is 3. The largest absolute Gasteiger partial charge is 0.384 e. The number of aliphatic hydroxyl groups excluding tert-OH is 1. The lowest BCUT2D eigenvalue weighted by Crippen LogP contribution is -2.06. The topological polar surface area (TPSA) is 20.2 Å². The van der Waals surface area contributed by atoms with Gasteiger partial charge in [0.05, 0.1) is 0 Å². The van der Waals surface area contributed by atoms with Gasteiger partial charge in [-0.3, -0.25) is 0 Å². The molecule has 0 bridgehead atoms. The average molecular weight is 323 g/mol. The number of halogens is 2. The van der Waals surface area contributed by atoms with Crippen LogP contribution in [0.2, 0.25) is 0 Å². The van der Waals surface area contributed by atoms with Crippen LogP contribution in [0.3, 0.4) is 0 Å². The second-order valence-corrected chi connectivity index (χ2v) is 5.74. The molecule has 0 aliphatic carbocycles. The lowest BCUT2D eigenvalue weighted by atomic mass is 9.95. The van der Waals surface area contributed by atoms with Crippen LogP contribution in [0.15, 0.2) is 34.8 Å². The quantitative estimate of drug-likeness (QED) is 0.857. The molecule has 100 valence electrons. The smallest absolute Gasteiger partial charge is 0.129 e. The van der Waals surface area contributed by atoms with E-state index in [4.69, 9.17) is 0 Å². The molecule has 0 heterocycles. The van der Waals surface area contributed by atoms with E-state index in [-0.39, 0.29) is 5.82 Å². The summed E-state index contributed by atoms with van der Waals surface area (Å²) in [6.45, 7) is 5.63. The van der Waals surface area contributed by atoms with Crippen molar-refractivity contribution in [2.75, 3.05) is 0 Å². The molecular formula is C16H16BrFO. The van der Waals surface area contributed by atoms with Crippen molar-refractivity contribution in [2.45, 2.75) is 26.9 Å². The second-order valence-electron chi connectivity index (χ2n) is 4.89. The van der Waals surface area contributed by atoms with Crippen molar-refractivity contribution in [3.63, 3.8) is 0 Å². The zero-order valence-electron chi connectivity index (χ0n) is 11.2. The maximum atomic E-state index is 14.1. The summed E-state index contributed by atoms with van der Waals surface area (Å²) in [6, 6.07) is 8.89. The first-order valence-electron chi connectivity index (χ1n) is 6.11. The molecule has 0 aliphatic heterocycles. The van der Waals surface area contributed by atoms with Crippen LogP contribution in [0.4, 0.5) is 4.39 Å². The van der Waals surface area contributed by atoms with Crippen molar-refractivity contribution in [3.05, 3.63) is 68.4 Å². The molecular weight excluding hydrogens is 307 g/mol. The summed E-state index contributed by atoms with van der Waals surface area (Å²) in [5.41, 5.74) is 3.74. The van der Waals surface area contributed by atoms with Gasteiger partial charge in [-0.1, -0.05) is 34.1 Å². The maximum Gasteiger partial charge on any atom is 0.129 e. The SMILES string of the molecule is Cc1cc(C)c(C(O)c2ccc(C)c(Br)c2)c(F)c1. The molecule has 1 N–H and O–H groups in total. The molecule has 1 nitrogen and oxygen atoms in total. The summed E-state index contributed by atoms with van der Waals surface area (Å²) in [7, 11) is 0. The van der Waals surface area contributed by atoms with Crippen molar-refractivity contribution >= 4 is 15.9 Å². The van der Waals surface area contributed by atoms with Crippen LogP contribution in [-0.2, 0) is 0 Å². The first-order chi connectivity index (χ1) is 8.90. The van der Waals surface area contributed by atoms with Gasteiger partial charge in [-0.2, -0.15) is 0 Å². The molecule has 0 saturated carbocycles. The van der Waals surface area contributed by atoms with E-state index in [0.717, 1.165) is 21.2 Å². The van der Waals surface area contributed by atoms with E-state index in [1.807, 2.05) is 45.0 Å². The highest BCUT2D eigenvalue weighted by Crippen LogP contribution is 2.30. The van der Waals surface area contributed by atoms with Crippen LogP contribution in [0, 0.1) is 26.6 Å². The Bertz CT molecular complexity index is 599. The molecule has 0 spiro atoms. The molecule has 0 radical (unpaired) electrons. The predicted octanol–water partition coefficient (Wildman–Crippen LogP) is 4.60. The van der Waals surface area contributed by atoms with Crippen LogP contribution < -0.4 is 0 Å². The molecule has 0 aliphatic rings. The van der Waals surface area contributed by atoms with E-state index in [9.17, 15) is 9.50 Å². The van der Waals surface area contributed by atoms with Crippen molar-refractivity contribution in [3.8, 4) is 0 Å². The zero-order chi connectivity index (χ0) is 14.2. The van der Waals surface area contributed by atoms with Gasteiger partial charge in [0.15, 0.2) is 0 Å². The fourth-order valence-corrected chi connectivity index (χ4v) is 2.62. The molecule has 0 saturated heterocycles. The van der Waals surface area contributed by atoms with Gasteiger partial charge in [-0.05, 0) is 55.2 Å². The van der Waals surface area contributed by atoms with E-state index >= 15 is 0 Å². The number of aliphatic hydroxyl groups is 1. The highest BCUT2D eigenvalue weighted by Gasteiger charge is 2.18. The monoisotopic (exact) mass is 322 g/mol. The Morgan fingerprint density at radius 1 is 1.05 bits per heavy atom. The summed E-state index contributed by atoms with van der Waals surface area (Å²) in [5, 5.41) is 10.4. The van der Waals surface area contributed by atoms with Crippen LogP contribution in [0.5, 0.6) is 0 Å². The van der Waals surface area contributed by atoms with Gasteiger partial charge in [0.25, 0.3) is 0 Å². The van der Waals surface area contributed by atoms with E-state index in [1.165, 1.54) is 6.07 Å². The second kappa shape index (κ2) is 5.43. The zero-order valence-corrected chi connectivity index (χ0v) is 12.8. The van der Waals surface area contributed by atoms with E-state index in [0.29, 0.717) is 11.1 Å². The highest BCUT2D eigenvalue weighted by molar-refractivity contribution is 9.10.